The third kappa shape index (κ3) is 3.79. The average molecular weight is 367 g/mol. The van der Waals surface area contributed by atoms with Crippen molar-refractivity contribution in [2.45, 2.75) is 19.5 Å². The molecule has 2 heterocycles. The van der Waals surface area contributed by atoms with E-state index in [-0.39, 0.29) is 5.91 Å². The number of hydrogen-bond acceptors (Lipinski definition) is 3. The van der Waals surface area contributed by atoms with Crippen LogP contribution < -0.4 is 10.6 Å². The first kappa shape index (κ1) is 16.8. The van der Waals surface area contributed by atoms with Gasteiger partial charge >= 0.3 is 0 Å². The van der Waals surface area contributed by atoms with Crippen molar-refractivity contribution in [1.29, 1.82) is 0 Å². The summed E-state index contributed by atoms with van der Waals surface area (Å²) in [5, 5.41) is 11.3. The standard InChI is InChI=1S/C20H19ClN4O/c21-18-5-1-14(2-6-18)12-25-13-19(11-23-25)24-20(26)16-3-4-17-10-22-8-7-15(17)9-16/h1-6,9,11,13,22H,7-8,10,12H2,(H,24,26). The third-order valence-electron chi connectivity index (χ3n) is 4.50. The molecule has 0 unspecified atom stereocenters. The van der Waals surface area contributed by atoms with Crippen LogP contribution >= 0.6 is 11.6 Å². The molecule has 1 aliphatic heterocycles. The van der Waals surface area contributed by atoms with E-state index in [1.807, 2.05) is 48.7 Å². The van der Waals surface area contributed by atoms with Crippen molar-refractivity contribution in [2.24, 2.45) is 0 Å². The zero-order valence-electron chi connectivity index (χ0n) is 14.2. The quantitative estimate of drug-likeness (QED) is 0.743. The van der Waals surface area contributed by atoms with Crippen LogP contribution in [0, 0.1) is 0 Å². The molecule has 2 N–H and O–H groups in total. The first-order valence-electron chi connectivity index (χ1n) is 8.58. The molecule has 6 heteroatoms. The van der Waals surface area contributed by atoms with E-state index in [0.29, 0.717) is 22.8 Å². The molecule has 0 atom stereocenters. The van der Waals surface area contributed by atoms with Gasteiger partial charge in [-0.2, -0.15) is 5.10 Å². The summed E-state index contributed by atoms with van der Waals surface area (Å²) in [4.78, 5) is 12.5. The van der Waals surface area contributed by atoms with Crippen LogP contribution in [-0.4, -0.2) is 22.2 Å². The highest BCUT2D eigenvalue weighted by Gasteiger charge is 2.13. The van der Waals surface area contributed by atoms with Crippen molar-refractivity contribution in [3.05, 3.63) is 82.1 Å². The Kier molecular flexibility index (Phi) is 4.73. The minimum atomic E-state index is -0.114. The number of hydrogen-bond donors (Lipinski definition) is 2. The zero-order valence-corrected chi connectivity index (χ0v) is 15.0. The van der Waals surface area contributed by atoms with Crippen LogP contribution in [0.3, 0.4) is 0 Å². The maximum absolute atomic E-state index is 12.5. The fraction of sp³-hybridized carbons (Fsp3) is 0.200. The Morgan fingerprint density at radius 2 is 2.04 bits per heavy atom. The number of nitrogens with one attached hydrogen (secondary N) is 2. The molecule has 132 valence electrons. The van der Waals surface area contributed by atoms with Gasteiger partial charge in [-0.25, -0.2) is 0 Å². The Labute approximate surface area is 157 Å². The van der Waals surface area contributed by atoms with E-state index in [2.05, 4.69) is 15.7 Å². The Morgan fingerprint density at radius 3 is 2.88 bits per heavy atom. The number of halogens is 1. The SMILES string of the molecule is O=C(Nc1cnn(Cc2ccc(Cl)cc2)c1)c1ccc2c(c1)CCNC2. The molecular formula is C20H19ClN4O. The van der Waals surface area contributed by atoms with Crippen molar-refractivity contribution in [3.8, 4) is 0 Å². The van der Waals surface area contributed by atoms with Gasteiger partial charge < -0.3 is 10.6 Å². The minimum absolute atomic E-state index is 0.114. The second-order valence-corrected chi connectivity index (χ2v) is 6.85. The van der Waals surface area contributed by atoms with Gasteiger partial charge in [-0.05, 0) is 53.9 Å². The number of carbonyl (C=O) groups is 1. The minimum Gasteiger partial charge on any atom is -0.319 e. The fourth-order valence-electron chi connectivity index (χ4n) is 3.11. The normalized spacial score (nSPS) is 13.3. The molecule has 5 nitrogen and oxygen atoms in total. The summed E-state index contributed by atoms with van der Waals surface area (Å²) in [5.41, 5.74) is 4.97. The predicted molar refractivity (Wildman–Crippen MR) is 103 cm³/mol. The topological polar surface area (TPSA) is 59.0 Å². The van der Waals surface area contributed by atoms with Gasteiger partial charge in [0.05, 0.1) is 18.4 Å². The molecule has 1 amide bonds. The highest BCUT2D eigenvalue weighted by molar-refractivity contribution is 6.30. The molecule has 1 aliphatic rings. The third-order valence-corrected chi connectivity index (χ3v) is 4.76. The van der Waals surface area contributed by atoms with Gasteiger partial charge in [-0.3, -0.25) is 9.48 Å². The number of aromatic nitrogens is 2. The lowest BCUT2D eigenvalue weighted by Crippen LogP contribution is -2.24. The molecule has 0 saturated carbocycles. The number of amides is 1. The number of carbonyl (C=O) groups excluding carboxylic acids is 1. The molecule has 2 aromatic carbocycles. The van der Waals surface area contributed by atoms with E-state index >= 15 is 0 Å². The molecular weight excluding hydrogens is 348 g/mol. The summed E-state index contributed by atoms with van der Waals surface area (Å²) in [6, 6.07) is 13.5. The molecule has 26 heavy (non-hydrogen) atoms. The van der Waals surface area contributed by atoms with Crippen LogP contribution in [0.15, 0.2) is 54.9 Å². The van der Waals surface area contributed by atoms with E-state index in [1.165, 1.54) is 11.1 Å². The lowest BCUT2D eigenvalue weighted by atomic mass is 9.98. The average Bonchev–Trinajstić information content (AvgIpc) is 3.10. The first-order valence-corrected chi connectivity index (χ1v) is 8.96. The van der Waals surface area contributed by atoms with E-state index in [9.17, 15) is 4.79 Å². The molecule has 0 spiro atoms. The number of anilines is 1. The largest absolute Gasteiger partial charge is 0.319 e. The van der Waals surface area contributed by atoms with Crippen LogP contribution in [0.1, 0.15) is 27.0 Å². The molecule has 0 radical (unpaired) electrons. The summed E-state index contributed by atoms with van der Waals surface area (Å²) < 4.78 is 1.79. The van der Waals surface area contributed by atoms with Crippen LogP contribution in [0.4, 0.5) is 5.69 Å². The van der Waals surface area contributed by atoms with Gasteiger partial charge in [-0.1, -0.05) is 29.8 Å². The Balaban J connectivity index is 1.43. The predicted octanol–water partition coefficient (Wildman–Crippen LogP) is 3.48. The number of benzene rings is 2. The molecule has 3 aromatic rings. The Morgan fingerprint density at radius 1 is 1.19 bits per heavy atom. The van der Waals surface area contributed by atoms with Crippen molar-refractivity contribution in [2.75, 3.05) is 11.9 Å². The van der Waals surface area contributed by atoms with Gasteiger partial charge in [0.15, 0.2) is 0 Å². The summed E-state index contributed by atoms with van der Waals surface area (Å²) >= 11 is 5.91. The van der Waals surface area contributed by atoms with Crippen LogP contribution in [0.5, 0.6) is 0 Å². The molecule has 0 aliphatic carbocycles. The number of nitrogens with zero attached hydrogens (tertiary/aromatic N) is 2. The fourth-order valence-corrected chi connectivity index (χ4v) is 3.24. The first-order chi connectivity index (χ1) is 12.7. The molecule has 0 bridgehead atoms. The second-order valence-electron chi connectivity index (χ2n) is 6.42. The van der Waals surface area contributed by atoms with Crippen molar-refractivity contribution >= 4 is 23.2 Å². The van der Waals surface area contributed by atoms with E-state index in [1.54, 1.807) is 10.9 Å². The molecule has 0 fully saturated rings. The lowest BCUT2D eigenvalue weighted by molar-refractivity contribution is 0.102. The number of rotatable bonds is 4. The zero-order chi connectivity index (χ0) is 17.9. The Hall–Kier alpha value is -2.63. The van der Waals surface area contributed by atoms with Gasteiger partial charge in [0, 0.05) is 23.3 Å². The lowest BCUT2D eigenvalue weighted by Gasteiger charge is -2.17. The number of fused-ring (bicyclic) bond motifs is 1. The van der Waals surface area contributed by atoms with Gasteiger partial charge in [0.25, 0.3) is 5.91 Å². The smallest absolute Gasteiger partial charge is 0.255 e. The molecule has 4 rings (SSSR count). The van der Waals surface area contributed by atoms with Crippen molar-refractivity contribution in [1.82, 2.24) is 15.1 Å². The van der Waals surface area contributed by atoms with Crippen LogP contribution in [0.25, 0.3) is 0 Å². The highest BCUT2D eigenvalue weighted by atomic mass is 35.5. The van der Waals surface area contributed by atoms with Crippen molar-refractivity contribution < 1.29 is 4.79 Å². The van der Waals surface area contributed by atoms with Crippen LogP contribution in [-0.2, 0) is 19.5 Å². The summed E-state index contributed by atoms with van der Waals surface area (Å²) in [6.07, 6.45) is 4.44. The highest BCUT2D eigenvalue weighted by Crippen LogP contribution is 2.17. The van der Waals surface area contributed by atoms with E-state index < -0.39 is 0 Å². The summed E-state index contributed by atoms with van der Waals surface area (Å²) in [5.74, 6) is -0.114. The van der Waals surface area contributed by atoms with Gasteiger partial charge in [-0.15, -0.1) is 0 Å². The maximum Gasteiger partial charge on any atom is 0.255 e. The van der Waals surface area contributed by atoms with Crippen molar-refractivity contribution in [3.63, 3.8) is 0 Å². The second kappa shape index (κ2) is 7.32. The van der Waals surface area contributed by atoms with E-state index in [4.69, 9.17) is 11.6 Å². The maximum atomic E-state index is 12.5. The van der Waals surface area contributed by atoms with E-state index in [0.717, 1.165) is 25.1 Å². The summed E-state index contributed by atoms with van der Waals surface area (Å²) in [6.45, 7) is 2.45. The van der Waals surface area contributed by atoms with Crippen LogP contribution in [0.2, 0.25) is 5.02 Å². The monoisotopic (exact) mass is 366 g/mol. The Bertz CT molecular complexity index is 933. The summed E-state index contributed by atoms with van der Waals surface area (Å²) in [7, 11) is 0. The molecule has 1 aromatic heterocycles. The van der Waals surface area contributed by atoms with Gasteiger partial charge in [0.2, 0.25) is 0 Å². The van der Waals surface area contributed by atoms with Gasteiger partial charge in [0.1, 0.15) is 0 Å². The molecule has 0 saturated heterocycles.